The van der Waals surface area contributed by atoms with Gasteiger partial charge >= 0.3 is 0 Å². The van der Waals surface area contributed by atoms with Gasteiger partial charge in [-0.25, -0.2) is 4.98 Å². The van der Waals surface area contributed by atoms with E-state index >= 15 is 0 Å². The van der Waals surface area contributed by atoms with Crippen molar-refractivity contribution in [2.45, 2.75) is 19.3 Å². The first-order valence-corrected chi connectivity index (χ1v) is 9.66. The van der Waals surface area contributed by atoms with Crippen LogP contribution in [0.3, 0.4) is 0 Å². The van der Waals surface area contributed by atoms with Gasteiger partial charge in [-0.1, -0.05) is 6.07 Å². The highest BCUT2D eigenvalue weighted by Gasteiger charge is 2.29. The second-order valence-corrected chi connectivity index (χ2v) is 7.25. The van der Waals surface area contributed by atoms with E-state index in [1.165, 1.54) is 5.56 Å². The lowest BCUT2D eigenvalue weighted by molar-refractivity contribution is -0.130. The summed E-state index contributed by atoms with van der Waals surface area (Å²) in [5.74, 6) is 3.03. The number of rotatable bonds is 3. The minimum absolute atomic E-state index is 0.175. The number of fused-ring (bicyclic) bond motifs is 2. The van der Waals surface area contributed by atoms with Crippen LogP contribution in [-0.4, -0.2) is 55.2 Å². The Labute approximate surface area is 158 Å². The average molecular weight is 365 g/mol. The maximum atomic E-state index is 13.0. The molecular weight excluding hydrogens is 342 g/mol. The number of amides is 1. The lowest BCUT2D eigenvalue weighted by Crippen LogP contribution is -2.49. The van der Waals surface area contributed by atoms with E-state index in [2.05, 4.69) is 16.0 Å². The van der Waals surface area contributed by atoms with E-state index in [4.69, 9.17) is 9.47 Å². The van der Waals surface area contributed by atoms with Gasteiger partial charge < -0.3 is 19.3 Å². The molecule has 5 rings (SSSR count). The molecule has 27 heavy (non-hydrogen) atoms. The van der Waals surface area contributed by atoms with Crippen LogP contribution in [0.1, 0.15) is 16.7 Å². The Bertz CT molecular complexity index is 828. The molecule has 0 spiro atoms. The molecule has 4 heterocycles. The zero-order chi connectivity index (χ0) is 18.2. The van der Waals surface area contributed by atoms with Crippen molar-refractivity contribution in [3.8, 4) is 11.5 Å². The van der Waals surface area contributed by atoms with Crippen LogP contribution in [0.15, 0.2) is 30.5 Å². The third kappa shape index (κ3) is 2.99. The highest BCUT2D eigenvalue weighted by molar-refractivity contribution is 5.81. The molecular formula is C21H23N3O3. The second-order valence-electron chi connectivity index (χ2n) is 7.25. The SMILES string of the molecule is O=C(Cc1c2c(cc3c1OCC3)OCC2)N1CCN(c2ccccn2)CC1. The topological polar surface area (TPSA) is 54.9 Å². The average Bonchev–Trinajstić information content (AvgIpc) is 3.38. The number of anilines is 1. The monoisotopic (exact) mass is 365 g/mol. The minimum atomic E-state index is 0.175. The second kappa shape index (κ2) is 6.76. The first-order chi connectivity index (χ1) is 13.3. The molecule has 6 nitrogen and oxygen atoms in total. The molecule has 3 aliphatic heterocycles. The normalized spacial score (nSPS) is 17.9. The fourth-order valence-corrected chi connectivity index (χ4v) is 4.26. The quantitative estimate of drug-likeness (QED) is 0.831. The summed E-state index contributed by atoms with van der Waals surface area (Å²) >= 11 is 0. The van der Waals surface area contributed by atoms with E-state index in [1.54, 1.807) is 0 Å². The van der Waals surface area contributed by atoms with Crippen molar-refractivity contribution < 1.29 is 14.3 Å². The molecule has 1 aromatic carbocycles. The smallest absolute Gasteiger partial charge is 0.227 e. The van der Waals surface area contributed by atoms with Crippen LogP contribution in [0, 0.1) is 0 Å². The van der Waals surface area contributed by atoms with Gasteiger partial charge in [0.2, 0.25) is 5.91 Å². The van der Waals surface area contributed by atoms with Gasteiger partial charge in [-0.2, -0.15) is 0 Å². The number of nitrogens with zero attached hydrogens (tertiary/aromatic N) is 3. The van der Waals surface area contributed by atoms with Gasteiger partial charge in [-0.05, 0) is 18.2 Å². The Morgan fingerprint density at radius 2 is 1.93 bits per heavy atom. The van der Waals surface area contributed by atoms with Crippen molar-refractivity contribution in [2.75, 3.05) is 44.3 Å². The van der Waals surface area contributed by atoms with Crippen LogP contribution < -0.4 is 14.4 Å². The van der Waals surface area contributed by atoms with Crippen molar-refractivity contribution in [3.63, 3.8) is 0 Å². The molecule has 1 fully saturated rings. The number of carbonyl (C=O) groups is 1. The minimum Gasteiger partial charge on any atom is -0.493 e. The Morgan fingerprint density at radius 3 is 2.74 bits per heavy atom. The van der Waals surface area contributed by atoms with Gasteiger partial charge in [0.05, 0.1) is 19.6 Å². The molecule has 0 saturated carbocycles. The van der Waals surface area contributed by atoms with Crippen molar-refractivity contribution in [3.05, 3.63) is 47.2 Å². The van der Waals surface area contributed by atoms with Gasteiger partial charge in [0.25, 0.3) is 0 Å². The molecule has 0 atom stereocenters. The van der Waals surface area contributed by atoms with E-state index in [0.29, 0.717) is 19.6 Å². The highest BCUT2D eigenvalue weighted by atomic mass is 16.5. The molecule has 1 aromatic heterocycles. The van der Waals surface area contributed by atoms with E-state index in [-0.39, 0.29) is 5.91 Å². The summed E-state index contributed by atoms with van der Waals surface area (Å²) in [5.41, 5.74) is 3.39. The fourth-order valence-electron chi connectivity index (χ4n) is 4.26. The molecule has 1 amide bonds. The maximum absolute atomic E-state index is 13.0. The third-order valence-corrected chi connectivity index (χ3v) is 5.69. The number of hydrogen-bond acceptors (Lipinski definition) is 5. The van der Waals surface area contributed by atoms with E-state index < -0.39 is 0 Å². The maximum Gasteiger partial charge on any atom is 0.227 e. The summed E-state index contributed by atoms with van der Waals surface area (Å²) < 4.78 is 11.6. The summed E-state index contributed by atoms with van der Waals surface area (Å²) in [6.45, 7) is 4.47. The van der Waals surface area contributed by atoms with Crippen molar-refractivity contribution in [1.29, 1.82) is 0 Å². The number of aromatic nitrogens is 1. The first kappa shape index (κ1) is 16.4. The fraction of sp³-hybridized carbons (Fsp3) is 0.429. The van der Waals surface area contributed by atoms with Crippen LogP contribution >= 0.6 is 0 Å². The van der Waals surface area contributed by atoms with Crippen LogP contribution in [0.5, 0.6) is 11.5 Å². The molecule has 140 valence electrons. The molecule has 0 aliphatic carbocycles. The zero-order valence-electron chi connectivity index (χ0n) is 15.3. The number of hydrogen-bond donors (Lipinski definition) is 0. The van der Waals surface area contributed by atoms with Gasteiger partial charge in [-0.15, -0.1) is 0 Å². The predicted octanol–water partition coefficient (Wildman–Crippen LogP) is 1.84. The molecule has 1 saturated heterocycles. The number of piperazine rings is 1. The van der Waals surface area contributed by atoms with Crippen molar-refractivity contribution in [1.82, 2.24) is 9.88 Å². The van der Waals surface area contributed by atoms with Crippen LogP contribution in [0.2, 0.25) is 0 Å². The lowest BCUT2D eigenvalue weighted by Gasteiger charge is -2.35. The van der Waals surface area contributed by atoms with Crippen molar-refractivity contribution >= 4 is 11.7 Å². The van der Waals surface area contributed by atoms with Gasteiger partial charge in [-0.3, -0.25) is 4.79 Å². The largest absolute Gasteiger partial charge is 0.493 e. The summed E-state index contributed by atoms with van der Waals surface area (Å²) in [6, 6.07) is 8.04. The molecule has 0 bridgehead atoms. The molecule has 0 radical (unpaired) electrons. The van der Waals surface area contributed by atoms with Gasteiger partial charge in [0, 0.05) is 61.9 Å². The summed E-state index contributed by atoms with van der Waals surface area (Å²) in [7, 11) is 0. The number of pyridine rings is 1. The summed E-state index contributed by atoms with van der Waals surface area (Å²) in [6.07, 6.45) is 3.97. The van der Waals surface area contributed by atoms with E-state index in [9.17, 15) is 4.79 Å². The van der Waals surface area contributed by atoms with Crippen LogP contribution in [0.25, 0.3) is 0 Å². The van der Waals surface area contributed by atoms with Gasteiger partial charge in [0.15, 0.2) is 0 Å². The summed E-state index contributed by atoms with van der Waals surface area (Å²) in [5, 5.41) is 0. The summed E-state index contributed by atoms with van der Waals surface area (Å²) in [4.78, 5) is 21.6. The molecule has 2 aromatic rings. The van der Waals surface area contributed by atoms with Gasteiger partial charge in [0.1, 0.15) is 17.3 Å². The molecule has 0 N–H and O–H groups in total. The van der Waals surface area contributed by atoms with Crippen LogP contribution in [-0.2, 0) is 24.1 Å². The number of ether oxygens (including phenoxy) is 2. The lowest BCUT2D eigenvalue weighted by atomic mass is 9.96. The standard InChI is InChI=1S/C21H23N3O3/c25-20(24-9-7-23(8-10-24)19-3-1-2-6-22-19)14-17-16-5-12-26-18(16)13-15-4-11-27-21(15)17/h1-3,6,13H,4-5,7-12,14H2. The Balaban J connectivity index is 1.30. The molecule has 0 unspecified atom stereocenters. The molecule has 3 aliphatic rings. The Morgan fingerprint density at radius 1 is 1.07 bits per heavy atom. The Hall–Kier alpha value is -2.76. The predicted molar refractivity (Wildman–Crippen MR) is 102 cm³/mol. The van der Waals surface area contributed by atoms with Crippen LogP contribution in [0.4, 0.5) is 5.82 Å². The van der Waals surface area contributed by atoms with Crippen molar-refractivity contribution in [2.24, 2.45) is 0 Å². The Kier molecular flexibility index (Phi) is 4.11. The highest BCUT2D eigenvalue weighted by Crippen LogP contribution is 2.41. The number of carbonyl (C=O) groups excluding carboxylic acids is 1. The zero-order valence-corrected chi connectivity index (χ0v) is 15.3. The third-order valence-electron chi connectivity index (χ3n) is 5.69. The number of benzene rings is 1. The van der Waals surface area contributed by atoms with E-state index in [1.807, 2.05) is 29.3 Å². The molecule has 6 heteroatoms. The first-order valence-electron chi connectivity index (χ1n) is 9.66. The van der Waals surface area contributed by atoms with E-state index in [0.717, 1.165) is 67.5 Å².